The predicted molar refractivity (Wildman–Crippen MR) is 143 cm³/mol. The number of imidazole rings is 1. The molecule has 0 aliphatic rings. The molecular weight excluding hydrogens is 501 g/mol. The number of phenolic OH excluding ortho intramolecular Hbond substituents is 1. The third kappa shape index (κ3) is 7.78. The van der Waals surface area contributed by atoms with Gasteiger partial charge in [0.1, 0.15) is 0 Å². The van der Waals surface area contributed by atoms with E-state index in [1.165, 1.54) is 11.9 Å². The first kappa shape index (κ1) is 26.6. The van der Waals surface area contributed by atoms with Gasteiger partial charge in [-0.25, -0.2) is 4.98 Å². The Labute approximate surface area is 216 Å². The van der Waals surface area contributed by atoms with Gasteiger partial charge in [-0.2, -0.15) is 0 Å². The number of aromatic hydroxyl groups is 1. The molecule has 1 unspecified atom stereocenters. The summed E-state index contributed by atoms with van der Waals surface area (Å²) in [6.45, 7) is 6.15. The fourth-order valence-corrected chi connectivity index (χ4v) is 3.98. The van der Waals surface area contributed by atoms with Gasteiger partial charge in [0.15, 0.2) is 0 Å². The molecular formula is C28H34AsN3O3. The van der Waals surface area contributed by atoms with E-state index in [9.17, 15) is 10.2 Å². The van der Waals surface area contributed by atoms with Crippen LogP contribution in [0.25, 0.3) is 11.0 Å². The van der Waals surface area contributed by atoms with Gasteiger partial charge in [-0.05, 0) is 24.5 Å². The van der Waals surface area contributed by atoms with Crippen molar-refractivity contribution in [2.45, 2.75) is 44.7 Å². The van der Waals surface area contributed by atoms with Crippen molar-refractivity contribution in [3.05, 3.63) is 84.2 Å². The maximum absolute atomic E-state index is 9.88. The Morgan fingerprint density at radius 3 is 2.49 bits per heavy atom. The number of nitrogens with one attached hydrogen (secondary N) is 1. The molecule has 4 rings (SSSR count). The second-order valence-corrected chi connectivity index (χ2v) is 9.55. The summed E-state index contributed by atoms with van der Waals surface area (Å²) in [5.41, 5.74) is 4.81. The molecule has 7 heteroatoms. The number of phenols is 1. The molecule has 1 heterocycles. The van der Waals surface area contributed by atoms with Crippen LogP contribution < -0.4 is 10.1 Å². The van der Waals surface area contributed by atoms with Crippen molar-refractivity contribution in [1.82, 2.24) is 9.55 Å². The summed E-state index contributed by atoms with van der Waals surface area (Å²) in [5, 5.41) is 23.5. The van der Waals surface area contributed by atoms with Crippen LogP contribution >= 0.6 is 0 Å². The molecule has 0 fully saturated rings. The second-order valence-electron chi connectivity index (χ2n) is 8.79. The summed E-state index contributed by atoms with van der Waals surface area (Å²) < 4.78 is 7.35. The summed E-state index contributed by atoms with van der Waals surface area (Å²) in [7, 11) is 1.63. The number of nitrogens with zero attached hydrogens (tertiary/aromatic N) is 2. The van der Waals surface area contributed by atoms with Crippen molar-refractivity contribution in [2.24, 2.45) is 5.92 Å². The van der Waals surface area contributed by atoms with E-state index >= 15 is 0 Å². The molecule has 0 saturated carbocycles. The van der Waals surface area contributed by atoms with Crippen molar-refractivity contribution >= 4 is 33.6 Å². The molecule has 4 aromatic rings. The van der Waals surface area contributed by atoms with Crippen LogP contribution in [-0.4, -0.2) is 43.7 Å². The van der Waals surface area contributed by atoms with E-state index in [0.717, 1.165) is 34.9 Å². The Hall–Kier alpha value is -2.95. The SMILES string of the molecule is CC(C)CCn1cnc2ccccc21.COc1ccc(CNc2cc(C(O)C[As])ccc2O)cc1. The number of hydrogen-bond acceptors (Lipinski definition) is 5. The van der Waals surface area contributed by atoms with Gasteiger partial charge >= 0.3 is 126 Å². The first-order chi connectivity index (χ1) is 16.9. The van der Waals surface area contributed by atoms with Crippen LogP contribution in [0.1, 0.15) is 37.5 Å². The van der Waals surface area contributed by atoms with Crippen LogP contribution in [0, 0.1) is 5.92 Å². The third-order valence-electron chi connectivity index (χ3n) is 5.70. The monoisotopic (exact) mass is 535 g/mol. The van der Waals surface area contributed by atoms with E-state index in [-0.39, 0.29) is 5.75 Å². The van der Waals surface area contributed by atoms with Gasteiger partial charge in [-0.15, -0.1) is 0 Å². The van der Waals surface area contributed by atoms with E-state index in [2.05, 4.69) is 63.8 Å². The Kier molecular flexibility index (Phi) is 10.1. The standard InChI is InChI=1S/C16H18AsNO3.C12H16N2/c1-21-13-5-2-11(3-6-13)10-18-14-8-12(16(20)9-17)4-7-15(14)19;1-10(2)7-8-14-9-13-11-5-3-4-6-12(11)14/h2-8,16,18-20H,9-10H2,1H3;3-6,9-10H,7-8H2,1-2H3. The first-order valence-electron chi connectivity index (χ1n) is 11.8. The average molecular weight is 536 g/mol. The predicted octanol–water partition coefficient (Wildman–Crippen LogP) is 5.72. The third-order valence-corrected chi connectivity index (χ3v) is 6.42. The van der Waals surface area contributed by atoms with Crippen molar-refractivity contribution in [3.8, 4) is 11.5 Å². The van der Waals surface area contributed by atoms with Crippen molar-refractivity contribution < 1.29 is 14.9 Å². The van der Waals surface area contributed by atoms with Gasteiger partial charge in [0.25, 0.3) is 0 Å². The fourth-order valence-electron chi connectivity index (χ4n) is 3.53. The number of benzene rings is 3. The van der Waals surface area contributed by atoms with Crippen LogP contribution in [0.4, 0.5) is 5.69 Å². The van der Waals surface area contributed by atoms with Gasteiger partial charge in [-0.1, -0.05) is 26.0 Å². The van der Waals surface area contributed by atoms with E-state index in [4.69, 9.17) is 4.74 Å². The summed E-state index contributed by atoms with van der Waals surface area (Å²) in [5.74, 6) is 1.73. The first-order valence-corrected chi connectivity index (χ1v) is 13.1. The summed E-state index contributed by atoms with van der Waals surface area (Å²) in [4.78, 5) is 4.36. The molecule has 3 aromatic carbocycles. The van der Waals surface area contributed by atoms with Crippen LogP contribution in [0.5, 0.6) is 11.5 Å². The number of para-hydroxylation sites is 2. The van der Waals surface area contributed by atoms with E-state index < -0.39 is 6.10 Å². The number of ether oxygens (including phenoxy) is 1. The summed E-state index contributed by atoms with van der Waals surface area (Å²) >= 11 is 2.36. The minimum atomic E-state index is -0.535. The topological polar surface area (TPSA) is 79.5 Å². The van der Waals surface area contributed by atoms with E-state index in [0.29, 0.717) is 17.4 Å². The zero-order valence-electron chi connectivity index (χ0n) is 20.6. The number of aliphatic hydroxyl groups is 1. The Balaban J connectivity index is 0.000000211. The molecule has 0 aliphatic carbocycles. The van der Waals surface area contributed by atoms with Crippen LogP contribution in [0.3, 0.4) is 0 Å². The molecule has 2 radical (unpaired) electrons. The number of rotatable bonds is 9. The van der Waals surface area contributed by atoms with Gasteiger partial charge in [-0.3, -0.25) is 0 Å². The van der Waals surface area contributed by atoms with E-state index in [1.54, 1.807) is 25.3 Å². The van der Waals surface area contributed by atoms with Crippen LogP contribution in [0.15, 0.2) is 73.1 Å². The average Bonchev–Trinajstić information content (AvgIpc) is 3.30. The van der Waals surface area contributed by atoms with Crippen molar-refractivity contribution in [1.29, 1.82) is 0 Å². The molecule has 0 aliphatic heterocycles. The molecule has 0 spiro atoms. The Morgan fingerprint density at radius 1 is 1.06 bits per heavy atom. The number of anilines is 1. The molecule has 6 nitrogen and oxygen atoms in total. The second kappa shape index (κ2) is 13.2. The molecule has 3 N–H and O–H groups in total. The number of aliphatic hydroxyl groups excluding tert-OH is 1. The molecule has 0 bridgehead atoms. The molecule has 184 valence electrons. The van der Waals surface area contributed by atoms with Gasteiger partial charge in [0, 0.05) is 6.54 Å². The quantitative estimate of drug-likeness (QED) is 0.189. The number of aryl methyl sites for hydroxylation is 1. The van der Waals surface area contributed by atoms with Crippen LogP contribution in [0.2, 0.25) is 5.21 Å². The molecule has 1 atom stereocenters. The number of fused-ring (bicyclic) bond motifs is 1. The molecule has 0 saturated heterocycles. The Bertz CT molecular complexity index is 1190. The summed E-state index contributed by atoms with van der Waals surface area (Å²) in [6.07, 6.45) is 2.61. The molecule has 35 heavy (non-hydrogen) atoms. The normalized spacial score (nSPS) is 11.7. The zero-order valence-corrected chi connectivity index (χ0v) is 22.4. The minimum absolute atomic E-state index is 0.171. The Morgan fingerprint density at radius 2 is 1.80 bits per heavy atom. The molecule has 0 amide bonds. The maximum atomic E-state index is 9.88. The number of hydrogen-bond donors (Lipinski definition) is 3. The van der Waals surface area contributed by atoms with Gasteiger partial charge in [0.05, 0.1) is 24.5 Å². The number of methoxy groups -OCH3 is 1. The van der Waals surface area contributed by atoms with Gasteiger partial charge < -0.3 is 4.57 Å². The van der Waals surface area contributed by atoms with Crippen molar-refractivity contribution in [3.63, 3.8) is 0 Å². The van der Waals surface area contributed by atoms with E-state index in [1.807, 2.05) is 36.7 Å². The number of aromatic nitrogens is 2. The zero-order chi connectivity index (χ0) is 25.2. The molecule has 1 aromatic heterocycles. The fraction of sp³-hybridized carbons (Fsp3) is 0.321. The van der Waals surface area contributed by atoms with Crippen LogP contribution in [-0.2, 0) is 13.1 Å². The summed E-state index contributed by atoms with van der Waals surface area (Å²) in [6, 6.07) is 21.1. The van der Waals surface area contributed by atoms with Crippen molar-refractivity contribution in [2.75, 3.05) is 12.4 Å². The van der Waals surface area contributed by atoms with Gasteiger partial charge in [0.2, 0.25) is 0 Å².